The molecule has 7 heteroatoms. The SMILES string of the molecule is COC1C[C@@H](CCN2CCC(c3c[nH]c4ccccc34)CC2)N(C(=O)c2cc3cc(O)ccc3[nH]2)C1. The number of phenolic OH excluding ortho intramolecular Hbond substituents is 1. The molecular weight excluding hydrogens is 452 g/mol. The van der Waals surface area contributed by atoms with E-state index in [1.165, 1.54) is 16.5 Å². The molecule has 3 N–H and O–H groups in total. The summed E-state index contributed by atoms with van der Waals surface area (Å²) in [7, 11) is 1.73. The molecule has 2 saturated heterocycles. The first-order chi connectivity index (χ1) is 17.6. The molecule has 2 atom stereocenters. The molecule has 0 saturated carbocycles. The number of phenols is 1. The van der Waals surface area contributed by atoms with Gasteiger partial charge in [-0.1, -0.05) is 18.2 Å². The summed E-state index contributed by atoms with van der Waals surface area (Å²) in [5.41, 5.74) is 4.10. The zero-order chi connectivity index (χ0) is 24.6. The molecule has 1 unspecified atom stereocenters. The van der Waals surface area contributed by atoms with E-state index in [4.69, 9.17) is 4.74 Å². The topological polar surface area (TPSA) is 84.6 Å². The Morgan fingerprint density at radius 2 is 1.94 bits per heavy atom. The van der Waals surface area contributed by atoms with E-state index in [1.54, 1.807) is 25.3 Å². The van der Waals surface area contributed by atoms with Crippen LogP contribution in [0.1, 0.15) is 47.7 Å². The van der Waals surface area contributed by atoms with E-state index in [0.717, 1.165) is 56.2 Å². The van der Waals surface area contributed by atoms with Crippen molar-refractivity contribution in [1.29, 1.82) is 0 Å². The molecule has 1 amide bonds. The van der Waals surface area contributed by atoms with E-state index in [0.29, 0.717) is 18.2 Å². The van der Waals surface area contributed by atoms with Gasteiger partial charge in [-0.25, -0.2) is 0 Å². The first-order valence-corrected chi connectivity index (χ1v) is 13.0. The third kappa shape index (κ3) is 4.38. The van der Waals surface area contributed by atoms with E-state index >= 15 is 0 Å². The number of para-hydroxylation sites is 1. The van der Waals surface area contributed by atoms with E-state index in [9.17, 15) is 9.90 Å². The third-order valence-electron chi connectivity index (χ3n) is 8.23. The molecular formula is C29H34N4O3. The lowest BCUT2D eigenvalue weighted by Crippen LogP contribution is -2.40. The van der Waals surface area contributed by atoms with Gasteiger partial charge in [0.05, 0.1) is 6.10 Å². The number of rotatable bonds is 6. The minimum absolute atomic E-state index is 0.00767. The zero-order valence-electron chi connectivity index (χ0n) is 20.7. The molecule has 188 valence electrons. The molecule has 0 spiro atoms. The molecule has 7 nitrogen and oxygen atoms in total. The molecule has 4 heterocycles. The highest BCUT2D eigenvalue weighted by atomic mass is 16.5. The second kappa shape index (κ2) is 9.64. The molecule has 6 rings (SSSR count). The molecule has 36 heavy (non-hydrogen) atoms. The Kier molecular flexibility index (Phi) is 6.19. The first kappa shape index (κ1) is 23.1. The summed E-state index contributed by atoms with van der Waals surface area (Å²) in [6, 6.07) is 15.7. The van der Waals surface area contributed by atoms with Crippen molar-refractivity contribution in [3.05, 3.63) is 66.0 Å². The fourth-order valence-corrected chi connectivity index (χ4v) is 6.19. The number of piperidine rings is 1. The number of hydrogen-bond acceptors (Lipinski definition) is 4. The number of fused-ring (bicyclic) bond motifs is 2. The summed E-state index contributed by atoms with van der Waals surface area (Å²) < 4.78 is 5.66. The summed E-state index contributed by atoms with van der Waals surface area (Å²) >= 11 is 0. The number of hydrogen-bond donors (Lipinski definition) is 3. The predicted octanol–water partition coefficient (Wildman–Crippen LogP) is 4.85. The lowest BCUT2D eigenvalue weighted by atomic mass is 9.89. The maximum absolute atomic E-state index is 13.5. The molecule has 2 fully saturated rings. The molecule has 4 aromatic rings. The second-order valence-electron chi connectivity index (χ2n) is 10.4. The Balaban J connectivity index is 1.09. The van der Waals surface area contributed by atoms with Gasteiger partial charge in [0.15, 0.2) is 0 Å². The van der Waals surface area contributed by atoms with Crippen molar-refractivity contribution in [2.45, 2.75) is 43.7 Å². The van der Waals surface area contributed by atoms with E-state index < -0.39 is 0 Å². The summed E-state index contributed by atoms with van der Waals surface area (Å²) in [6.07, 6.45) is 6.41. The normalized spacial score (nSPS) is 21.6. The van der Waals surface area contributed by atoms with Gasteiger partial charge in [0.1, 0.15) is 11.4 Å². The lowest BCUT2D eigenvalue weighted by molar-refractivity contribution is 0.0671. The monoisotopic (exact) mass is 486 g/mol. The number of aromatic nitrogens is 2. The molecule has 2 aromatic heterocycles. The molecule has 2 aliphatic rings. The third-order valence-corrected chi connectivity index (χ3v) is 8.23. The number of amides is 1. The number of nitrogens with one attached hydrogen (secondary N) is 2. The van der Waals surface area contributed by atoms with E-state index in [1.807, 2.05) is 11.0 Å². The number of nitrogens with zero attached hydrogens (tertiary/aromatic N) is 2. The van der Waals surface area contributed by atoms with Crippen LogP contribution in [0.25, 0.3) is 21.8 Å². The van der Waals surface area contributed by atoms with Crippen LogP contribution in [0.2, 0.25) is 0 Å². The summed E-state index contributed by atoms with van der Waals surface area (Å²) in [5, 5.41) is 12.0. The highest BCUT2D eigenvalue weighted by molar-refractivity contribution is 5.98. The van der Waals surface area contributed by atoms with Crippen LogP contribution >= 0.6 is 0 Å². The quantitative estimate of drug-likeness (QED) is 0.364. The van der Waals surface area contributed by atoms with Gasteiger partial charge in [-0.05, 0) is 80.6 Å². The minimum atomic E-state index is 0.00767. The van der Waals surface area contributed by atoms with Gasteiger partial charge in [-0.2, -0.15) is 0 Å². The van der Waals surface area contributed by atoms with Crippen molar-refractivity contribution < 1.29 is 14.6 Å². The van der Waals surface area contributed by atoms with Crippen molar-refractivity contribution in [3.63, 3.8) is 0 Å². The molecule has 2 aliphatic heterocycles. The molecule has 2 aromatic carbocycles. The van der Waals surface area contributed by atoms with Crippen molar-refractivity contribution >= 4 is 27.7 Å². The van der Waals surface area contributed by atoms with Crippen LogP contribution in [-0.4, -0.2) is 76.2 Å². The van der Waals surface area contributed by atoms with Crippen molar-refractivity contribution in [2.24, 2.45) is 0 Å². The van der Waals surface area contributed by atoms with Crippen LogP contribution in [-0.2, 0) is 4.74 Å². The number of benzene rings is 2. The summed E-state index contributed by atoms with van der Waals surface area (Å²) in [6.45, 7) is 3.78. The molecule has 0 radical (unpaired) electrons. The lowest BCUT2D eigenvalue weighted by Gasteiger charge is -2.33. The van der Waals surface area contributed by atoms with Crippen molar-refractivity contribution in [1.82, 2.24) is 19.8 Å². The Bertz CT molecular complexity index is 1370. The van der Waals surface area contributed by atoms with Crippen LogP contribution in [0.5, 0.6) is 5.75 Å². The number of aromatic hydroxyl groups is 1. The number of aromatic amines is 2. The Labute approximate surface area is 211 Å². The number of carbonyl (C=O) groups is 1. The largest absolute Gasteiger partial charge is 0.508 e. The van der Waals surface area contributed by atoms with Crippen LogP contribution in [0.3, 0.4) is 0 Å². The molecule has 0 bridgehead atoms. The van der Waals surface area contributed by atoms with Crippen LogP contribution < -0.4 is 0 Å². The van der Waals surface area contributed by atoms with Crippen molar-refractivity contribution in [3.8, 4) is 5.75 Å². The fraction of sp³-hybridized carbons (Fsp3) is 0.414. The highest BCUT2D eigenvalue weighted by Gasteiger charge is 2.36. The highest BCUT2D eigenvalue weighted by Crippen LogP contribution is 2.34. The molecule has 0 aliphatic carbocycles. The second-order valence-corrected chi connectivity index (χ2v) is 10.4. The van der Waals surface area contributed by atoms with Gasteiger partial charge >= 0.3 is 0 Å². The fourth-order valence-electron chi connectivity index (χ4n) is 6.19. The number of ether oxygens (including phenoxy) is 1. The van der Waals surface area contributed by atoms with Crippen LogP contribution in [0.15, 0.2) is 54.7 Å². The van der Waals surface area contributed by atoms with E-state index in [2.05, 4.69) is 45.3 Å². The smallest absolute Gasteiger partial charge is 0.270 e. The van der Waals surface area contributed by atoms with Gasteiger partial charge < -0.3 is 29.6 Å². The number of H-pyrrole nitrogens is 2. The maximum atomic E-state index is 13.5. The van der Waals surface area contributed by atoms with Gasteiger partial charge in [-0.15, -0.1) is 0 Å². The number of likely N-dealkylation sites (tertiary alicyclic amines) is 2. The van der Waals surface area contributed by atoms with Gasteiger partial charge in [0.25, 0.3) is 5.91 Å². The van der Waals surface area contributed by atoms with Crippen LogP contribution in [0, 0.1) is 0 Å². The standard InChI is InChI=1S/C29H34N4O3/c1-36-23-16-21(33(18-23)29(35)28-15-20-14-22(34)6-7-26(20)31-28)10-13-32-11-8-19(9-12-32)25-17-30-27-5-3-2-4-24(25)27/h2-7,14-15,17,19,21,23,30-31,34H,8-13,16,18H2,1H3/t21-,23?/m1/s1. The average molecular weight is 487 g/mol. The average Bonchev–Trinajstić information content (AvgIpc) is 3.63. The Hall–Kier alpha value is -3.29. The first-order valence-electron chi connectivity index (χ1n) is 13.0. The van der Waals surface area contributed by atoms with Crippen LogP contribution in [0.4, 0.5) is 0 Å². The van der Waals surface area contributed by atoms with Gasteiger partial charge in [0.2, 0.25) is 0 Å². The number of carbonyl (C=O) groups excluding carboxylic acids is 1. The maximum Gasteiger partial charge on any atom is 0.270 e. The van der Waals surface area contributed by atoms with Gasteiger partial charge in [0, 0.05) is 54.2 Å². The minimum Gasteiger partial charge on any atom is -0.508 e. The Morgan fingerprint density at radius 3 is 2.78 bits per heavy atom. The van der Waals surface area contributed by atoms with Gasteiger partial charge in [-0.3, -0.25) is 4.79 Å². The van der Waals surface area contributed by atoms with Crippen molar-refractivity contribution in [2.75, 3.05) is 33.3 Å². The summed E-state index contributed by atoms with van der Waals surface area (Å²) in [5.74, 6) is 0.807. The number of methoxy groups -OCH3 is 1. The predicted molar refractivity (Wildman–Crippen MR) is 142 cm³/mol. The summed E-state index contributed by atoms with van der Waals surface area (Å²) in [4.78, 5) is 24.7. The Morgan fingerprint density at radius 1 is 1.11 bits per heavy atom. The zero-order valence-corrected chi connectivity index (χ0v) is 20.7. The van der Waals surface area contributed by atoms with E-state index in [-0.39, 0.29) is 23.8 Å².